The predicted octanol–water partition coefficient (Wildman–Crippen LogP) is 12.2. The van der Waals surface area contributed by atoms with Gasteiger partial charge in [0.05, 0.1) is 0 Å². The Morgan fingerprint density at radius 1 is 0.579 bits per heavy atom. The number of benzene rings is 4. The van der Waals surface area contributed by atoms with Crippen LogP contribution in [0.2, 0.25) is 0 Å². The van der Waals surface area contributed by atoms with Crippen molar-refractivity contribution in [2.24, 2.45) is 0 Å². The van der Waals surface area contributed by atoms with Crippen LogP contribution in [0.25, 0.3) is 33.7 Å². The molecule has 0 aliphatic carbocycles. The molecule has 0 fully saturated rings. The zero-order valence-electron chi connectivity index (χ0n) is 24.1. The van der Waals surface area contributed by atoms with E-state index in [1.165, 1.54) is 92.1 Å². The molecular weight excluding hydrogens is 497 g/mol. The lowest BCUT2D eigenvalue weighted by atomic mass is 9.93. The van der Waals surface area contributed by atoms with Crippen molar-refractivity contribution in [2.75, 3.05) is 12.5 Å². The van der Waals surface area contributed by atoms with E-state index in [0.29, 0.717) is 11.8 Å². The molecule has 0 aromatic heterocycles. The first-order valence-electron chi connectivity index (χ1n) is 14.4. The van der Waals surface area contributed by atoms with E-state index in [0.717, 1.165) is 0 Å². The largest absolute Gasteiger partial charge is 0.129 e. The number of unbranched alkanes of at least 4 members (excludes halogenated alkanes) is 2. The maximum Gasteiger partial charge on any atom is 0.0148 e. The Bertz CT molecular complexity index is 1290. The minimum absolute atomic E-state index is 0.616. The highest BCUT2D eigenvalue weighted by molar-refractivity contribution is 7.99. The smallest absolute Gasteiger partial charge is 0.0148 e. The summed E-state index contributed by atoms with van der Waals surface area (Å²) in [7, 11) is 0. The molecule has 4 aromatic rings. The zero-order chi connectivity index (χ0) is 27.1. The molecule has 4 rings (SSSR count). The molecule has 0 nitrogen and oxygen atoms in total. The van der Waals surface area contributed by atoms with Gasteiger partial charge in [-0.2, -0.15) is 0 Å². The quantitative estimate of drug-likeness (QED) is 0.129. The fourth-order valence-electron chi connectivity index (χ4n) is 5.39. The molecule has 0 aliphatic rings. The van der Waals surface area contributed by atoms with Crippen LogP contribution in [0.5, 0.6) is 0 Å². The van der Waals surface area contributed by atoms with E-state index in [2.05, 4.69) is 113 Å². The molecule has 2 heteroatoms. The van der Waals surface area contributed by atoms with Gasteiger partial charge in [0.2, 0.25) is 0 Å². The van der Waals surface area contributed by atoms with Crippen LogP contribution in [-0.4, -0.2) is 12.5 Å². The van der Waals surface area contributed by atoms with Gasteiger partial charge in [-0.05, 0) is 105 Å². The third kappa shape index (κ3) is 6.88. The van der Waals surface area contributed by atoms with E-state index in [9.17, 15) is 0 Å². The van der Waals surface area contributed by atoms with Gasteiger partial charge in [-0.25, -0.2) is 0 Å². The summed E-state index contributed by atoms with van der Waals surface area (Å²) < 4.78 is 0. The van der Waals surface area contributed by atoms with Gasteiger partial charge in [-0.3, -0.25) is 0 Å². The van der Waals surface area contributed by atoms with Gasteiger partial charge in [-0.1, -0.05) is 102 Å². The van der Waals surface area contributed by atoms with Crippen LogP contribution in [0.4, 0.5) is 0 Å². The Balaban J connectivity index is 1.64. The second-order valence-electron chi connectivity index (χ2n) is 10.8. The Morgan fingerprint density at radius 3 is 1.37 bits per heavy atom. The second kappa shape index (κ2) is 13.8. The summed E-state index contributed by atoms with van der Waals surface area (Å²) in [5.41, 5.74) is 5.52. The average molecular weight is 541 g/mol. The summed E-state index contributed by atoms with van der Waals surface area (Å²) in [5.74, 6) is 1.23. The summed E-state index contributed by atoms with van der Waals surface area (Å²) in [6, 6.07) is 23.6. The minimum atomic E-state index is 0.616. The SMILES string of the molecule is CCCCC(C)c1ccc2cc(/C=C/c3cc4ccc(C(C)CCCC)cc4cc3SC)c(SC)cc2c1. The molecule has 38 heavy (non-hydrogen) atoms. The highest BCUT2D eigenvalue weighted by atomic mass is 32.2. The molecule has 0 saturated heterocycles. The first kappa shape index (κ1) is 28.8. The molecule has 0 aliphatic heterocycles. The Morgan fingerprint density at radius 2 is 1.00 bits per heavy atom. The molecular formula is C36H44S2. The van der Waals surface area contributed by atoms with Crippen LogP contribution < -0.4 is 0 Å². The second-order valence-corrected chi connectivity index (χ2v) is 12.5. The predicted molar refractivity (Wildman–Crippen MR) is 176 cm³/mol. The van der Waals surface area contributed by atoms with Crippen molar-refractivity contribution in [1.29, 1.82) is 0 Å². The number of fused-ring (bicyclic) bond motifs is 2. The molecule has 2 unspecified atom stereocenters. The van der Waals surface area contributed by atoms with Gasteiger partial charge in [0.15, 0.2) is 0 Å². The topological polar surface area (TPSA) is 0 Å². The summed E-state index contributed by atoms with van der Waals surface area (Å²) >= 11 is 3.68. The Kier molecular flexibility index (Phi) is 10.4. The van der Waals surface area contributed by atoms with E-state index in [1.54, 1.807) is 0 Å². The fraction of sp³-hybridized carbons (Fsp3) is 0.389. The third-order valence-corrected chi connectivity index (χ3v) is 9.57. The molecule has 4 aromatic carbocycles. The number of hydrogen-bond donors (Lipinski definition) is 0. The molecule has 0 heterocycles. The molecule has 0 saturated carbocycles. The van der Waals surface area contributed by atoms with Crippen molar-refractivity contribution in [3.63, 3.8) is 0 Å². The molecule has 0 N–H and O–H groups in total. The van der Waals surface area contributed by atoms with E-state index >= 15 is 0 Å². The highest BCUT2D eigenvalue weighted by Gasteiger charge is 2.10. The van der Waals surface area contributed by atoms with Crippen molar-refractivity contribution >= 4 is 57.2 Å². The van der Waals surface area contributed by atoms with Crippen molar-refractivity contribution in [3.05, 3.63) is 82.9 Å². The van der Waals surface area contributed by atoms with Crippen LogP contribution in [0.1, 0.15) is 100 Å². The normalized spacial score (nSPS) is 13.5. The lowest BCUT2D eigenvalue weighted by molar-refractivity contribution is 0.625. The van der Waals surface area contributed by atoms with Gasteiger partial charge in [0.25, 0.3) is 0 Å². The highest BCUT2D eigenvalue weighted by Crippen LogP contribution is 2.34. The average Bonchev–Trinajstić information content (AvgIpc) is 2.95. The van der Waals surface area contributed by atoms with Gasteiger partial charge in [0.1, 0.15) is 0 Å². The van der Waals surface area contributed by atoms with Crippen molar-refractivity contribution in [3.8, 4) is 0 Å². The van der Waals surface area contributed by atoms with E-state index in [1.807, 2.05) is 23.5 Å². The monoisotopic (exact) mass is 540 g/mol. The van der Waals surface area contributed by atoms with Gasteiger partial charge >= 0.3 is 0 Å². The maximum atomic E-state index is 2.41. The summed E-state index contributed by atoms with van der Waals surface area (Å²) in [4.78, 5) is 2.67. The van der Waals surface area contributed by atoms with E-state index in [-0.39, 0.29) is 0 Å². The molecule has 0 bridgehead atoms. The van der Waals surface area contributed by atoms with E-state index in [4.69, 9.17) is 0 Å². The Labute approximate surface area is 239 Å². The molecule has 0 radical (unpaired) electrons. The summed E-state index contributed by atoms with van der Waals surface area (Å²) in [6.45, 7) is 9.28. The van der Waals surface area contributed by atoms with Crippen molar-refractivity contribution in [1.82, 2.24) is 0 Å². The zero-order valence-corrected chi connectivity index (χ0v) is 25.8. The van der Waals surface area contributed by atoms with Crippen LogP contribution in [0.15, 0.2) is 70.5 Å². The lowest BCUT2D eigenvalue weighted by Gasteiger charge is -2.14. The number of rotatable bonds is 12. The molecule has 200 valence electrons. The van der Waals surface area contributed by atoms with Gasteiger partial charge in [0, 0.05) is 9.79 Å². The van der Waals surface area contributed by atoms with Crippen molar-refractivity contribution < 1.29 is 0 Å². The van der Waals surface area contributed by atoms with E-state index < -0.39 is 0 Å². The molecule has 0 amide bonds. The van der Waals surface area contributed by atoms with Crippen LogP contribution in [-0.2, 0) is 0 Å². The third-order valence-electron chi connectivity index (χ3n) is 7.99. The van der Waals surface area contributed by atoms with Gasteiger partial charge < -0.3 is 0 Å². The fourth-order valence-corrected chi connectivity index (χ4v) is 6.60. The summed E-state index contributed by atoms with van der Waals surface area (Å²) in [6.07, 6.45) is 16.6. The first-order chi connectivity index (χ1) is 18.5. The van der Waals surface area contributed by atoms with Gasteiger partial charge in [-0.15, -0.1) is 23.5 Å². The Hall–Kier alpha value is -2.16. The summed E-state index contributed by atoms with van der Waals surface area (Å²) in [5, 5.41) is 5.35. The number of hydrogen-bond acceptors (Lipinski definition) is 2. The van der Waals surface area contributed by atoms with Crippen LogP contribution in [0.3, 0.4) is 0 Å². The lowest BCUT2D eigenvalue weighted by Crippen LogP contribution is -1.94. The maximum absolute atomic E-state index is 2.41. The van der Waals surface area contributed by atoms with Crippen LogP contribution >= 0.6 is 23.5 Å². The standard InChI is InChI=1S/C36H44S2/c1-7-9-11-25(3)27-13-15-29-21-31(35(37-5)23-33(29)19-27)17-18-32-22-30-16-14-28(26(4)12-10-8-2)20-34(30)24-36(32)38-6/h13-26H,7-12H2,1-6H3/b18-17+. The van der Waals surface area contributed by atoms with Crippen LogP contribution in [0, 0.1) is 0 Å². The molecule has 0 spiro atoms. The number of thioether (sulfide) groups is 2. The molecule has 2 atom stereocenters. The minimum Gasteiger partial charge on any atom is -0.129 e. The first-order valence-corrected chi connectivity index (χ1v) is 16.8. The van der Waals surface area contributed by atoms with Crippen molar-refractivity contribution in [2.45, 2.75) is 87.8 Å².